The van der Waals surface area contributed by atoms with Gasteiger partial charge in [-0.3, -0.25) is 4.79 Å². The first kappa shape index (κ1) is 9.14. The zero-order valence-corrected chi connectivity index (χ0v) is 6.31. The van der Waals surface area contributed by atoms with E-state index in [1.165, 1.54) is 0 Å². The van der Waals surface area contributed by atoms with Gasteiger partial charge in [-0.15, -0.1) is 0 Å². The van der Waals surface area contributed by atoms with E-state index < -0.39 is 0 Å². The van der Waals surface area contributed by atoms with Gasteiger partial charge in [-0.1, -0.05) is 13.3 Å². The van der Waals surface area contributed by atoms with Crippen LogP contribution < -0.4 is 5.32 Å². The van der Waals surface area contributed by atoms with E-state index >= 15 is 0 Å². The summed E-state index contributed by atoms with van der Waals surface area (Å²) in [6, 6.07) is 0. The Balaban J connectivity index is 3.13. The molecule has 0 rings (SSSR count). The van der Waals surface area contributed by atoms with Crippen LogP contribution in [0.1, 0.15) is 26.2 Å². The molecule has 0 aromatic rings. The molecule has 2 N–H and O–H groups in total. The average molecular weight is 142 g/mol. The SMILES string of the molecule is CCCC(=N)CCNC=O. The number of hydrogen-bond donors (Lipinski definition) is 2. The van der Waals surface area contributed by atoms with Gasteiger partial charge in [0.2, 0.25) is 6.41 Å². The van der Waals surface area contributed by atoms with E-state index in [4.69, 9.17) is 5.41 Å². The quantitative estimate of drug-likeness (QED) is 0.324. The average Bonchev–Trinajstić information content (AvgIpc) is 1.89. The predicted octanol–water partition coefficient (Wildman–Crippen LogP) is 0.942. The number of hydrogen-bond acceptors (Lipinski definition) is 2. The highest BCUT2D eigenvalue weighted by Crippen LogP contribution is 1.92. The molecule has 1 amide bonds. The van der Waals surface area contributed by atoms with Gasteiger partial charge in [0.25, 0.3) is 0 Å². The van der Waals surface area contributed by atoms with Crippen LogP contribution in [0.15, 0.2) is 0 Å². The van der Waals surface area contributed by atoms with Crippen LogP contribution in [0.3, 0.4) is 0 Å². The van der Waals surface area contributed by atoms with E-state index in [9.17, 15) is 4.79 Å². The van der Waals surface area contributed by atoms with Crippen molar-refractivity contribution < 1.29 is 4.79 Å². The Labute approximate surface area is 61.3 Å². The molecule has 0 aliphatic heterocycles. The van der Waals surface area contributed by atoms with Gasteiger partial charge < -0.3 is 10.7 Å². The minimum atomic E-state index is 0.600. The summed E-state index contributed by atoms with van der Waals surface area (Å²) < 4.78 is 0. The number of rotatable bonds is 6. The van der Waals surface area contributed by atoms with Crippen molar-refractivity contribution in [3.05, 3.63) is 0 Å². The maximum Gasteiger partial charge on any atom is 0.207 e. The summed E-state index contributed by atoms with van der Waals surface area (Å²) in [5.41, 5.74) is 0.719. The molecule has 0 aliphatic rings. The minimum Gasteiger partial charge on any atom is -0.358 e. The summed E-state index contributed by atoms with van der Waals surface area (Å²) in [6.07, 6.45) is 3.21. The van der Waals surface area contributed by atoms with E-state index in [1.54, 1.807) is 0 Å². The zero-order chi connectivity index (χ0) is 7.82. The van der Waals surface area contributed by atoms with Crippen molar-refractivity contribution in [1.29, 1.82) is 5.41 Å². The fraction of sp³-hybridized carbons (Fsp3) is 0.714. The van der Waals surface area contributed by atoms with Crippen molar-refractivity contribution in [2.45, 2.75) is 26.2 Å². The molecule has 0 aliphatic carbocycles. The van der Waals surface area contributed by atoms with Crippen LogP contribution in [0, 0.1) is 5.41 Å². The first-order chi connectivity index (χ1) is 4.81. The lowest BCUT2D eigenvalue weighted by Crippen LogP contribution is -2.15. The second kappa shape index (κ2) is 6.26. The second-order valence-corrected chi connectivity index (χ2v) is 2.18. The predicted molar refractivity (Wildman–Crippen MR) is 41.3 cm³/mol. The maximum atomic E-state index is 9.76. The minimum absolute atomic E-state index is 0.600. The van der Waals surface area contributed by atoms with Gasteiger partial charge in [0.1, 0.15) is 0 Å². The second-order valence-electron chi connectivity index (χ2n) is 2.18. The Kier molecular flexibility index (Phi) is 5.72. The molecule has 0 aromatic carbocycles. The number of amides is 1. The fourth-order valence-corrected chi connectivity index (χ4v) is 0.709. The summed E-state index contributed by atoms with van der Waals surface area (Å²) in [5, 5.41) is 9.83. The third-order valence-electron chi connectivity index (χ3n) is 1.21. The van der Waals surface area contributed by atoms with Crippen LogP contribution in [-0.4, -0.2) is 18.7 Å². The molecular weight excluding hydrogens is 128 g/mol. The van der Waals surface area contributed by atoms with Crippen LogP contribution in [0.2, 0.25) is 0 Å². The highest BCUT2D eigenvalue weighted by molar-refractivity contribution is 5.81. The molecule has 0 saturated heterocycles. The smallest absolute Gasteiger partial charge is 0.207 e. The van der Waals surface area contributed by atoms with Gasteiger partial charge in [0, 0.05) is 18.7 Å². The first-order valence-electron chi connectivity index (χ1n) is 3.54. The van der Waals surface area contributed by atoms with Crippen LogP contribution in [0.5, 0.6) is 0 Å². The standard InChI is InChI=1S/C7H14N2O/c1-2-3-7(8)4-5-9-6-10/h6,8H,2-5H2,1H3,(H,9,10). The van der Waals surface area contributed by atoms with Gasteiger partial charge in [-0.25, -0.2) is 0 Å². The molecule has 58 valence electrons. The lowest BCUT2D eigenvalue weighted by molar-refractivity contribution is -0.109. The highest BCUT2D eigenvalue weighted by atomic mass is 16.1. The van der Waals surface area contributed by atoms with Crippen molar-refractivity contribution >= 4 is 12.1 Å². The molecule has 0 bridgehead atoms. The van der Waals surface area contributed by atoms with E-state index in [0.29, 0.717) is 19.4 Å². The third kappa shape index (κ3) is 5.28. The molecule has 0 heterocycles. The molecule has 0 saturated carbocycles. The molecule has 0 spiro atoms. The largest absolute Gasteiger partial charge is 0.358 e. The molecule has 0 radical (unpaired) electrons. The maximum absolute atomic E-state index is 9.76. The van der Waals surface area contributed by atoms with Crippen LogP contribution >= 0.6 is 0 Å². The molecule has 3 nitrogen and oxygen atoms in total. The van der Waals surface area contributed by atoms with Crippen molar-refractivity contribution in [2.75, 3.05) is 6.54 Å². The van der Waals surface area contributed by atoms with E-state index in [-0.39, 0.29) is 0 Å². The molecule has 0 unspecified atom stereocenters. The molecule has 0 atom stereocenters. The lowest BCUT2D eigenvalue weighted by atomic mass is 10.2. The van der Waals surface area contributed by atoms with Crippen LogP contribution in [-0.2, 0) is 4.79 Å². The Morgan fingerprint density at radius 2 is 2.30 bits per heavy atom. The summed E-state index contributed by atoms with van der Waals surface area (Å²) >= 11 is 0. The van der Waals surface area contributed by atoms with Gasteiger partial charge in [0.05, 0.1) is 0 Å². The summed E-state index contributed by atoms with van der Waals surface area (Å²) in [7, 11) is 0. The fourth-order valence-electron chi connectivity index (χ4n) is 0.709. The van der Waals surface area contributed by atoms with Gasteiger partial charge >= 0.3 is 0 Å². The Hall–Kier alpha value is -0.860. The summed E-state index contributed by atoms with van der Waals surface area (Å²) in [5.74, 6) is 0. The van der Waals surface area contributed by atoms with E-state index in [0.717, 1.165) is 18.6 Å². The number of nitrogens with one attached hydrogen (secondary N) is 2. The van der Waals surface area contributed by atoms with Crippen molar-refractivity contribution in [2.24, 2.45) is 0 Å². The first-order valence-corrected chi connectivity index (χ1v) is 3.54. The van der Waals surface area contributed by atoms with Crippen molar-refractivity contribution in [3.63, 3.8) is 0 Å². The summed E-state index contributed by atoms with van der Waals surface area (Å²) in [4.78, 5) is 9.76. The molecular formula is C7H14N2O. The monoisotopic (exact) mass is 142 g/mol. The van der Waals surface area contributed by atoms with Crippen LogP contribution in [0.4, 0.5) is 0 Å². The highest BCUT2D eigenvalue weighted by Gasteiger charge is 1.92. The Bertz CT molecular complexity index is 112. The van der Waals surface area contributed by atoms with Crippen molar-refractivity contribution in [1.82, 2.24) is 5.32 Å². The Morgan fingerprint density at radius 3 is 2.80 bits per heavy atom. The molecule has 10 heavy (non-hydrogen) atoms. The van der Waals surface area contributed by atoms with Crippen LogP contribution in [0.25, 0.3) is 0 Å². The number of carbonyl (C=O) groups is 1. The van der Waals surface area contributed by atoms with Gasteiger partial charge in [-0.2, -0.15) is 0 Å². The summed E-state index contributed by atoms with van der Waals surface area (Å²) in [6.45, 7) is 2.64. The lowest BCUT2D eigenvalue weighted by Gasteiger charge is -1.99. The van der Waals surface area contributed by atoms with Gasteiger partial charge in [-0.05, 0) is 6.42 Å². The molecule has 0 fully saturated rings. The van der Waals surface area contributed by atoms with E-state index in [2.05, 4.69) is 5.32 Å². The van der Waals surface area contributed by atoms with Gasteiger partial charge in [0.15, 0.2) is 0 Å². The topological polar surface area (TPSA) is 53.0 Å². The number of carbonyl (C=O) groups excluding carboxylic acids is 1. The third-order valence-corrected chi connectivity index (χ3v) is 1.21. The zero-order valence-electron chi connectivity index (χ0n) is 6.31. The molecule has 3 heteroatoms. The van der Waals surface area contributed by atoms with E-state index in [1.807, 2.05) is 6.92 Å². The normalized spacial score (nSPS) is 8.90. The molecule has 0 aromatic heterocycles. The Morgan fingerprint density at radius 1 is 1.60 bits per heavy atom. The van der Waals surface area contributed by atoms with Crippen molar-refractivity contribution in [3.8, 4) is 0 Å².